The van der Waals surface area contributed by atoms with Gasteiger partial charge in [-0.15, -0.1) is 0 Å². The summed E-state index contributed by atoms with van der Waals surface area (Å²) >= 11 is 0. The zero-order valence-electron chi connectivity index (χ0n) is 11.0. The van der Waals surface area contributed by atoms with Gasteiger partial charge in [-0.25, -0.2) is 4.39 Å². The summed E-state index contributed by atoms with van der Waals surface area (Å²) in [6.07, 6.45) is 3.41. The fraction of sp³-hybridized carbons (Fsp3) is 0.500. The van der Waals surface area contributed by atoms with E-state index in [1.165, 1.54) is 6.07 Å². The SMILES string of the molecule is CCCCC(C)NCc1ccc(C(N)=O)cc1F. The van der Waals surface area contributed by atoms with Gasteiger partial charge < -0.3 is 11.1 Å². The molecule has 0 heterocycles. The first-order valence-corrected chi connectivity index (χ1v) is 6.36. The Morgan fingerprint density at radius 2 is 2.22 bits per heavy atom. The number of benzene rings is 1. The first-order chi connectivity index (χ1) is 8.54. The standard InChI is InChI=1S/C14H21FN2O/c1-3-4-5-10(2)17-9-12-7-6-11(14(16)18)8-13(12)15/h6-8,10,17H,3-5,9H2,1-2H3,(H2,16,18). The van der Waals surface area contributed by atoms with Crippen LogP contribution in [0.3, 0.4) is 0 Å². The van der Waals surface area contributed by atoms with E-state index >= 15 is 0 Å². The summed E-state index contributed by atoms with van der Waals surface area (Å²) in [6.45, 7) is 4.70. The first-order valence-electron chi connectivity index (χ1n) is 6.36. The molecule has 4 heteroatoms. The van der Waals surface area contributed by atoms with Crippen LogP contribution >= 0.6 is 0 Å². The van der Waals surface area contributed by atoms with Crippen LogP contribution < -0.4 is 11.1 Å². The maximum absolute atomic E-state index is 13.7. The minimum absolute atomic E-state index is 0.204. The lowest BCUT2D eigenvalue weighted by Gasteiger charge is -2.13. The third-order valence-electron chi connectivity index (χ3n) is 2.97. The van der Waals surface area contributed by atoms with Crippen molar-refractivity contribution in [1.82, 2.24) is 5.32 Å². The molecule has 18 heavy (non-hydrogen) atoms. The molecule has 0 saturated heterocycles. The maximum Gasteiger partial charge on any atom is 0.248 e. The Morgan fingerprint density at radius 3 is 2.78 bits per heavy atom. The van der Waals surface area contributed by atoms with Gasteiger partial charge in [0.05, 0.1) is 0 Å². The molecule has 0 aliphatic heterocycles. The van der Waals surface area contributed by atoms with Crippen molar-refractivity contribution in [3.8, 4) is 0 Å². The van der Waals surface area contributed by atoms with Crippen molar-refractivity contribution in [3.05, 3.63) is 35.1 Å². The molecule has 100 valence electrons. The highest BCUT2D eigenvalue weighted by Gasteiger charge is 2.08. The molecule has 1 aromatic carbocycles. The Bertz CT molecular complexity index is 407. The number of carbonyl (C=O) groups is 1. The number of amides is 1. The van der Waals surface area contributed by atoms with Crippen LogP contribution in [0.5, 0.6) is 0 Å². The van der Waals surface area contributed by atoms with E-state index in [4.69, 9.17) is 5.73 Å². The van der Waals surface area contributed by atoms with Gasteiger partial charge in [0.25, 0.3) is 0 Å². The topological polar surface area (TPSA) is 55.1 Å². The monoisotopic (exact) mass is 252 g/mol. The summed E-state index contributed by atoms with van der Waals surface area (Å²) in [5.74, 6) is -0.994. The zero-order valence-corrected chi connectivity index (χ0v) is 11.0. The number of nitrogens with two attached hydrogens (primary N) is 1. The number of rotatable bonds is 7. The highest BCUT2D eigenvalue weighted by atomic mass is 19.1. The van der Waals surface area contributed by atoms with Crippen LogP contribution in [0.2, 0.25) is 0 Å². The van der Waals surface area contributed by atoms with Crippen molar-refractivity contribution in [3.63, 3.8) is 0 Å². The van der Waals surface area contributed by atoms with Crippen molar-refractivity contribution in [2.75, 3.05) is 0 Å². The van der Waals surface area contributed by atoms with E-state index in [0.717, 1.165) is 19.3 Å². The second-order valence-electron chi connectivity index (χ2n) is 4.59. The first kappa shape index (κ1) is 14.6. The van der Waals surface area contributed by atoms with E-state index in [-0.39, 0.29) is 11.4 Å². The molecule has 0 bridgehead atoms. The molecule has 1 amide bonds. The fourth-order valence-corrected chi connectivity index (χ4v) is 1.74. The van der Waals surface area contributed by atoms with E-state index in [9.17, 15) is 9.18 Å². The normalized spacial score (nSPS) is 12.4. The summed E-state index contributed by atoms with van der Waals surface area (Å²) in [5, 5.41) is 3.27. The van der Waals surface area contributed by atoms with Crippen molar-refractivity contribution in [2.24, 2.45) is 5.73 Å². The number of nitrogens with one attached hydrogen (secondary N) is 1. The number of primary amides is 1. The fourth-order valence-electron chi connectivity index (χ4n) is 1.74. The number of unbranched alkanes of at least 4 members (excludes halogenated alkanes) is 1. The van der Waals surface area contributed by atoms with E-state index in [1.807, 2.05) is 0 Å². The Morgan fingerprint density at radius 1 is 1.50 bits per heavy atom. The Kier molecular flexibility index (Phi) is 5.78. The van der Waals surface area contributed by atoms with E-state index < -0.39 is 5.91 Å². The molecule has 3 nitrogen and oxygen atoms in total. The Labute approximate surface area is 108 Å². The molecule has 0 aliphatic rings. The number of carbonyl (C=O) groups excluding carboxylic acids is 1. The van der Waals surface area contributed by atoms with Gasteiger partial charge in [0.2, 0.25) is 5.91 Å². The number of hydrogen-bond acceptors (Lipinski definition) is 2. The summed E-state index contributed by atoms with van der Waals surface area (Å²) in [7, 11) is 0. The van der Waals surface area contributed by atoms with E-state index in [1.54, 1.807) is 12.1 Å². The van der Waals surface area contributed by atoms with Gasteiger partial charge >= 0.3 is 0 Å². The highest BCUT2D eigenvalue weighted by Crippen LogP contribution is 2.11. The van der Waals surface area contributed by atoms with Gasteiger partial charge in [-0.05, 0) is 25.5 Å². The largest absolute Gasteiger partial charge is 0.366 e. The van der Waals surface area contributed by atoms with Crippen molar-refractivity contribution in [2.45, 2.75) is 45.7 Å². The van der Waals surface area contributed by atoms with Gasteiger partial charge in [-0.1, -0.05) is 25.8 Å². The summed E-state index contributed by atoms with van der Waals surface area (Å²) in [6, 6.07) is 4.71. The van der Waals surface area contributed by atoms with Gasteiger partial charge in [-0.2, -0.15) is 0 Å². The Hall–Kier alpha value is -1.42. The minimum Gasteiger partial charge on any atom is -0.366 e. The van der Waals surface area contributed by atoms with Gasteiger partial charge in [0, 0.05) is 23.7 Å². The van der Waals surface area contributed by atoms with Crippen LogP contribution in [0.15, 0.2) is 18.2 Å². The molecule has 1 rings (SSSR count). The molecular weight excluding hydrogens is 231 g/mol. The van der Waals surface area contributed by atoms with E-state index in [2.05, 4.69) is 19.2 Å². The molecular formula is C14H21FN2O. The minimum atomic E-state index is -0.607. The lowest BCUT2D eigenvalue weighted by molar-refractivity contribution is 0.1000. The molecule has 0 saturated carbocycles. The lowest BCUT2D eigenvalue weighted by atomic mass is 10.1. The molecule has 0 fully saturated rings. The third-order valence-corrected chi connectivity index (χ3v) is 2.97. The van der Waals surface area contributed by atoms with Crippen molar-refractivity contribution in [1.29, 1.82) is 0 Å². The van der Waals surface area contributed by atoms with Gasteiger partial charge in [0.15, 0.2) is 0 Å². The second kappa shape index (κ2) is 7.11. The second-order valence-corrected chi connectivity index (χ2v) is 4.59. The smallest absolute Gasteiger partial charge is 0.248 e. The van der Waals surface area contributed by atoms with Crippen molar-refractivity contribution < 1.29 is 9.18 Å². The van der Waals surface area contributed by atoms with Crippen LogP contribution in [0.25, 0.3) is 0 Å². The predicted octanol–water partition coefficient (Wildman–Crippen LogP) is 2.59. The molecule has 0 spiro atoms. The maximum atomic E-state index is 13.7. The number of halogens is 1. The lowest BCUT2D eigenvalue weighted by Crippen LogP contribution is -2.25. The molecule has 1 aromatic rings. The third kappa shape index (κ3) is 4.45. The molecule has 0 aliphatic carbocycles. The highest BCUT2D eigenvalue weighted by molar-refractivity contribution is 5.92. The Balaban J connectivity index is 2.55. The van der Waals surface area contributed by atoms with Crippen molar-refractivity contribution >= 4 is 5.91 Å². The molecule has 3 N–H and O–H groups in total. The molecule has 0 radical (unpaired) electrons. The van der Waals surface area contributed by atoms with Gasteiger partial charge in [0.1, 0.15) is 5.82 Å². The molecule has 1 unspecified atom stereocenters. The molecule has 0 aromatic heterocycles. The summed E-state index contributed by atoms with van der Waals surface area (Å²) in [5.41, 5.74) is 5.85. The zero-order chi connectivity index (χ0) is 13.5. The average Bonchev–Trinajstić information content (AvgIpc) is 2.34. The van der Waals surface area contributed by atoms with Gasteiger partial charge in [-0.3, -0.25) is 4.79 Å². The quantitative estimate of drug-likeness (QED) is 0.783. The van der Waals surface area contributed by atoms with Crippen LogP contribution in [-0.4, -0.2) is 11.9 Å². The predicted molar refractivity (Wildman–Crippen MR) is 70.7 cm³/mol. The van der Waals surface area contributed by atoms with E-state index in [0.29, 0.717) is 18.2 Å². The number of hydrogen-bond donors (Lipinski definition) is 2. The molecule has 1 atom stereocenters. The summed E-state index contributed by atoms with van der Waals surface area (Å²) in [4.78, 5) is 10.9. The van der Waals surface area contributed by atoms with Crippen LogP contribution in [-0.2, 0) is 6.54 Å². The van der Waals surface area contributed by atoms with Crippen LogP contribution in [0.4, 0.5) is 4.39 Å². The average molecular weight is 252 g/mol. The van der Waals surface area contributed by atoms with Crippen LogP contribution in [0, 0.1) is 5.82 Å². The summed E-state index contributed by atoms with van der Waals surface area (Å²) < 4.78 is 13.7. The van der Waals surface area contributed by atoms with Crippen LogP contribution in [0.1, 0.15) is 49.0 Å².